The third kappa shape index (κ3) is 5.71. The van der Waals surface area contributed by atoms with Crippen LogP contribution in [0.15, 0.2) is 6.20 Å². The molecule has 0 aliphatic carbocycles. The zero-order valence-electron chi connectivity index (χ0n) is 11.2. The minimum atomic E-state index is -4.59. The molecule has 0 saturated carbocycles. The van der Waals surface area contributed by atoms with Crippen LogP contribution in [-0.4, -0.2) is 33.4 Å². The second kappa shape index (κ2) is 6.95. The van der Waals surface area contributed by atoms with E-state index in [-0.39, 0.29) is 31.5 Å². The van der Waals surface area contributed by atoms with Gasteiger partial charge < -0.3 is 15.7 Å². The quantitative estimate of drug-likeness (QED) is 0.686. The summed E-state index contributed by atoms with van der Waals surface area (Å²) in [5.74, 6) is -0.984. The largest absolute Gasteiger partial charge is 0.481 e. The summed E-state index contributed by atoms with van der Waals surface area (Å²) in [5, 5.41) is 16.3. The third-order valence-electron chi connectivity index (χ3n) is 2.47. The molecule has 21 heavy (non-hydrogen) atoms. The predicted molar refractivity (Wildman–Crippen MR) is 65.3 cm³/mol. The van der Waals surface area contributed by atoms with Crippen molar-refractivity contribution < 1.29 is 27.9 Å². The minimum absolute atomic E-state index is 0.0961. The average molecular weight is 308 g/mol. The van der Waals surface area contributed by atoms with E-state index in [0.717, 1.165) is 4.68 Å². The molecule has 0 fully saturated rings. The van der Waals surface area contributed by atoms with Crippen molar-refractivity contribution in [3.05, 3.63) is 17.5 Å². The smallest absolute Gasteiger partial charge is 0.435 e. The van der Waals surface area contributed by atoms with Gasteiger partial charge in [0.1, 0.15) is 0 Å². The number of halogens is 3. The standard InChI is InChI=1S/C11H15F3N4O3/c1-18-6-7(9(17-18)11(12,13)14)5-16-10(21)15-4-2-3-8(19)20/h6H,2-5H2,1H3,(H,19,20)(H2,15,16,21). The topological polar surface area (TPSA) is 96.2 Å². The van der Waals surface area contributed by atoms with Crippen molar-refractivity contribution in [1.29, 1.82) is 0 Å². The van der Waals surface area contributed by atoms with Crippen molar-refractivity contribution in [3.8, 4) is 0 Å². The van der Waals surface area contributed by atoms with Crippen LogP contribution in [0, 0.1) is 0 Å². The first-order valence-electron chi connectivity index (χ1n) is 6.03. The van der Waals surface area contributed by atoms with Gasteiger partial charge in [-0.1, -0.05) is 0 Å². The van der Waals surface area contributed by atoms with Gasteiger partial charge in [0.15, 0.2) is 5.69 Å². The van der Waals surface area contributed by atoms with Crippen LogP contribution in [0.5, 0.6) is 0 Å². The second-order valence-corrected chi connectivity index (χ2v) is 4.28. The number of carbonyl (C=O) groups excluding carboxylic acids is 1. The van der Waals surface area contributed by atoms with E-state index in [0.29, 0.717) is 0 Å². The van der Waals surface area contributed by atoms with E-state index >= 15 is 0 Å². The van der Waals surface area contributed by atoms with Crippen molar-refractivity contribution in [3.63, 3.8) is 0 Å². The molecule has 0 aliphatic heterocycles. The predicted octanol–water partition coefficient (Wildman–Crippen LogP) is 1.10. The van der Waals surface area contributed by atoms with Crippen LogP contribution in [0.25, 0.3) is 0 Å². The molecule has 1 heterocycles. The second-order valence-electron chi connectivity index (χ2n) is 4.28. The Morgan fingerprint density at radius 2 is 2.05 bits per heavy atom. The van der Waals surface area contributed by atoms with Crippen LogP contribution in [0.4, 0.5) is 18.0 Å². The summed E-state index contributed by atoms with van der Waals surface area (Å²) in [5.41, 5.74) is -1.19. The van der Waals surface area contributed by atoms with E-state index in [4.69, 9.17) is 5.11 Å². The van der Waals surface area contributed by atoms with Gasteiger partial charge in [-0.25, -0.2) is 4.79 Å². The lowest BCUT2D eigenvalue weighted by atomic mass is 10.2. The molecule has 7 nitrogen and oxygen atoms in total. The Hall–Kier alpha value is -2.26. The highest BCUT2D eigenvalue weighted by Gasteiger charge is 2.36. The SMILES string of the molecule is Cn1cc(CNC(=O)NCCCC(=O)O)c(C(F)(F)F)n1. The van der Waals surface area contributed by atoms with Crippen LogP contribution in [0.2, 0.25) is 0 Å². The molecule has 0 atom stereocenters. The fraction of sp³-hybridized carbons (Fsp3) is 0.545. The summed E-state index contributed by atoms with van der Waals surface area (Å²) < 4.78 is 39.0. The minimum Gasteiger partial charge on any atom is -0.481 e. The van der Waals surface area contributed by atoms with Gasteiger partial charge in [0.2, 0.25) is 0 Å². The number of carboxylic acid groups (broad SMARTS) is 1. The molecule has 0 spiro atoms. The monoisotopic (exact) mass is 308 g/mol. The molecule has 0 aromatic carbocycles. The normalized spacial score (nSPS) is 11.2. The molecule has 118 valence electrons. The maximum Gasteiger partial charge on any atom is 0.435 e. The molecular weight excluding hydrogens is 293 g/mol. The lowest BCUT2D eigenvalue weighted by molar-refractivity contribution is -0.142. The van der Waals surface area contributed by atoms with Crippen LogP contribution in [0.3, 0.4) is 0 Å². The number of nitrogens with zero attached hydrogens (tertiary/aromatic N) is 2. The Bertz CT molecular complexity index is 513. The summed E-state index contributed by atoms with van der Waals surface area (Å²) in [6.07, 6.45) is -3.27. The Morgan fingerprint density at radius 3 is 2.62 bits per heavy atom. The number of hydrogen-bond donors (Lipinski definition) is 3. The van der Waals surface area contributed by atoms with E-state index < -0.39 is 23.9 Å². The van der Waals surface area contributed by atoms with Crippen molar-refractivity contribution in [2.45, 2.75) is 25.6 Å². The number of aryl methyl sites for hydroxylation is 1. The van der Waals surface area contributed by atoms with Crippen molar-refractivity contribution in [2.24, 2.45) is 7.05 Å². The fourth-order valence-corrected chi connectivity index (χ4v) is 1.59. The molecule has 0 aliphatic rings. The third-order valence-corrected chi connectivity index (χ3v) is 2.47. The lowest BCUT2D eigenvalue weighted by Gasteiger charge is -2.08. The fourth-order valence-electron chi connectivity index (χ4n) is 1.59. The zero-order valence-corrected chi connectivity index (χ0v) is 11.2. The Morgan fingerprint density at radius 1 is 1.38 bits per heavy atom. The molecule has 1 aromatic heterocycles. The highest BCUT2D eigenvalue weighted by molar-refractivity contribution is 5.74. The number of aliphatic carboxylic acids is 1. The summed E-state index contributed by atoms with van der Waals surface area (Å²) in [6.45, 7) is -0.204. The number of rotatable bonds is 6. The van der Waals surface area contributed by atoms with Gasteiger partial charge in [0.05, 0.1) is 0 Å². The van der Waals surface area contributed by atoms with Crippen LogP contribution < -0.4 is 10.6 Å². The molecule has 3 N–H and O–H groups in total. The number of nitrogens with one attached hydrogen (secondary N) is 2. The summed E-state index contributed by atoms with van der Waals surface area (Å²) in [6, 6.07) is -0.669. The number of carboxylic acids is 1. The van der Waals surface area contributed by atoms with E-state index in [1.165, 1.54) is 13.2 Å². The first-order chi connectivity index (χ1) is 9.70. The number of carbonyl (C=O) groups is 2. The lowest BCUT2D eigenvalue weighted by Crippen LogP contribution is -2.36. The van der Waals surface area contributed by atoms with Gasteiger partial charge in [-0.05, 0) is 6.42 Å². The Labute approximate surface area is 118 Å². The van der Waals surface area contributed by atoms with Crippen molar-refractivity contribution in [1.82, 2.24) is 20.4 Å². The number of amides is 2. The summed E-state index contributed by atoms with van der Waals surface area (Å²) in [7, 11) is 1.35. The van der Waals surface area contributed by atoms with E-state index in [9.17, 15) is 22.8 Å². The molecule has 2 amide bonds. The highest BCUT2D eigenvalue weighted by Crippen LogP contribution is 2.30. The van der Waals surface area contributed by atoms with Crippen molar-refractivity contribution in [2.75, 3.05) is 6.54 Å². The first-order valence-corrected chi connectivity index (χ1v) is 6.03. The molecule has 0 unspecified atom stereocenters. The zero-order chi connectivity index (χ0) is 16.0. The Balaban J connectivity index is 2.45. The van der Waals surface area contributed by atoms with Crippen molar-refractivity contribution >= 4 is 12.0 Å². The van der Waals surface area contributed by atoms with Crippen LogP contribution in [-0.2, 0) is 24.6 Å². The summed E-state index contributed by atoms with van der Waals surface area (Å²) in [4.78, 5) is 21.6. The number of alkyl halides is 3. The van der Waals surface area contributed by atoms with Crippen LogP contribution >= 0.6 is 0 Å². The first kappa shape index (κ1) is 16.8. The van der Waals surface area contributed by atoms with Gasteiger partial charge in [-0.3, -0.25) is 9.48 Å². The highest BCUT2D eigenvalue weighted by atomic mass is 19.4. The Kier molecular flexibility index (Phi) is 5.56. The van der Waals surface area contributed by atoms with Gasteiger partial charge in [0.25, 0.3) is 0 Å². The van der Waals surface area contributed by atoms with E-state index in [1.54, 1.807) is 0 Å². The average Bonchev–Trinajstić information content (AvgIpc) is 2.73. The molecule has 0 bridgehead atoms. The molecule has 0 saturated heterocycles. The van der Waals surface area contributed by atoms with E-state index in [2.05, 4.69) is 15.7 Å². The number of hydrogen-bond acceptors (Lipinski definition) is 3. The maximum atomic E-state index is 12.7. The number of urea groups is 1. The van der Waals surface area contributed by atoms with Gasteiger partial charge in [0, 0.05) is 38.3 Å². The molecule has 0 radical (unpaired) electrons. The summed E-state index contributed by atoms with van der Waals surface area (Å²) >= 11 is 0. The molecule has 1 rings (SSSR count). The van der Waals surface area contributed by atoms with Crippen LogP contribution in [0.1, 0.15) is 24.1 Å². The van der Waals surface area contributed by atoms with E-state index in [1.807, 2.05) is 0 Å². The van der Waals surface area contributed by atoms with Gasteiger partial charge in [-0.2, -0.15) is 18.3 Å². The molecule has 10 heteroatoms. The molecule has 1 aromatic rings. The molecular formula is C11H15F3N4O3. The van der Waals surface area contributed by atoms with Gasteiger partial charge >= 0.3 is 18.2 Å². The number of aromatic nitrogens is 2. The van der Waals surface area contributed by atoms with Gasteiger partial charge in [-0.15, -0.1) is 0 Å². The maximum absolute atomic E-state index is 12.7.